The highest BCUT2D eigenvalue weighted by Gasteiger charge is 2.34. The van der Waals surface area contributed by atoms with Gasteiger partial charge in [-0.1, -0.05) is 47.7 Å². The molecule has 3 aromatic carbocycles. The van der Waals surface area contributed by atoms with Crippen LogP contribution in [0, 0.1) is 3.57 Å². The molecule has 0 bridgehead atoms. The highest BCUT2D eigenvalue weighted by Crippen LogP contribution is 2.37. The molecule has 5 rings (SSSR count). The Bertz CT molecular complexity index is 1980. The summed E-state index contributed by atoms with van der Waals surface area (Å²) >= 11 is 3.48. The topological polar surface area (TPSA) is 97.6 Å². The molecule has 0 unspecified atom stereocenters. The monoisotopic (exact) mass is 768 g/mol. The molecule has 9 nitrogen and oxygen atoms in total. The summed E-state index contributed by atoms with van der Waals surface area (Å²) in [6.07, 6.45) is 1.75. The molecule has 1 aliphatic rings. The molecule has 0 amide bonds. The van der Waals surface area contributed by atoms with Crippen molar-refractivity contribution < 1.29 is 28.5 Å². The predicted molar refractivity (Wildman–Crippen MR) is 190 cm³/mol. The number of benzene rings is 3. The third kappa shape index (κ3) is 7.57. The van der Waals surface area contributed by atoms with Crippen molar-refractivity contribution in [1.29, 1.82) is 0 Å². The third-order valence-electron chi connectivity index (χ3n) is 7.24. The second-order valence-corrected chi connectivity index (χ2v) is 13.1. The minimum absolute atomic E-state index is 0.0690. The molecule has 0 radical (unpaired) electrons. The lowest BCUT2D eigenvalue weighted by Crippen LogP contribution is -2.40. The maximum Gasteiger partial charge on any atom is 0.338 e. The van der Waals surface area contributed by atoms with Gasteiger partial charge in [0.15, 0.2) is 27.8 Å². The van der Waals surface area contributed by atoms with Gasteiger partial charge in [-0.05, 0) is 104 Å². The number of hydrogen-bond donors (Lipinski definition) is 0. The summed E-state index contributed by atoms with van der Waals surface area (Å²) in [7, 11) is 1.56. The number of rotatable bonds is 12. The zero-order valence-electron chi connectivity index (χ0n) is 27.2. The van der Waals surface area contributed by atoms with Gasteiger partial charge in [-0.3, -0.25) is 9.36 Å². The molecule has 1 aromatic heterocycles. The van der Waals surface area contributed by atoms with Gasteiger partial charge in [-0.25, -0.2) is 9.79 Å². The first-order chi connectivity index (χ1) is 22.6. The van der Waals surface area contributed by atoms with Gasteiger partial charge in [0.1, 0.15) is 6.61 Å². The summed E-state index contributed by atoms with van der Waals surface area (Å²) < 4.78 is 32.0. The molecule has 1 atom stereocenters. The van der Waals surface area contributed by atoms with E-state index in [2.05, 4.69) is 22.6 Å². The molecule has 0 aliphatic carbocycles. The van der Waals surface area contributed by atoms with Crippen molar-refractivity contribution in [3.05, 3.63) is 112 Å². The zero-order chi connectivity index (χ0) is 33.7. The van der Waals surface area contributed by atoms with Gasteiger partial charge in [0.05, 0.1) is 51.8 Å². The number of nitrogens with zero attached hydrogens (tertiary/aromatic N) is 2. The molecular weight excluding hydrogens is 731 g/mol. The summed E-state index contributed by atoms with van der Waals surface area (Å²) in [5.74, 6) is 1.75. The summed E-state index contributed by atoms with van der Waals surface area (Å²) in [5, 5.41) is 0. The second kappa shape index (κ2) is 15.2. The minimum Gasteiger partial charge on any atom is -0.493 e. The predicted octanol–water partition coefficient (Wildman–Crippen LogP) is 6.18. The average Bonchev–Trinajstić information content (AvgIpc) is 3.34. The van der Waals surface area contributed by atoms with Crippen molar-refractivity contribution in [2.24, 2.45) is 4.99 Å². The van der Waals surface area contributed by atoms with E-state index < -0.39 is 12.0 Å². The van der Waals surface area contributed by atoms with E-state index in [9.17, 15) is 9.59 Å². The zero-order valence-corrected chi connectivity index (χ0v) is 30.1. The molecule has 246 valence electrons. The van der Waals surface area contributed by atoms with Gasteiger partial charge in [0.2, 0.25) is 0 Å². The van der Waals surface area contributed by atoms with Crippen molar-refractivity contribution in [2.45, 2.75) is 53.4 Å². The smallest absolute Gasteiger partial charge is 0.338 e. The fraction of sp³-hybridized carbons (Fsp3) is 0.306. The van der Waals surface area contributed by atoms with E-state index in [0.29, 0.717) is 62.4 Å². The van der Waals surface area contributed by atoms with Crippen LogP contribution in [0.2, 0.25) is 0 Å². The van der Waals surface area contributed by atoms with Crippen LogP contribution in [0.4, 0.5) is 0 Å². The van der Waals surface area contributed by atoms with E-state index >= 15 is 0 Å². The van der Waals surface area contributed by atoms with Crippen LogP contribution in [0.1, 0.15) is 57.4 Å². The van der Waals surface area contributed by atoms with Crippen LogP contribution in [0.15, 0.2) is 81.7 Å². The number of halogens is 1. The number of aromatic nitrogens is 1. The first kappa shape index (κ1) is 34.2. The molecule has 47 heavy (non-hydrogen) atoms. The third-order valence-corrected chi connectivity index (χ3v) is 9.02. The number of thiazole rings is 1. The highest BCUT2D eigenvalue weighted by atomic mass is 127. The number of esters is 1. The highest BCUT2D eigenvalue weighted by molar-refractivity contribution is 14.1. The number of carbonyl (C=O) groups is 1. The molecule has 11 heteroatoms. The van der Waals surface area contributed by atoms with E-state index in [0.717, 1.165) is 14.7 Å². The Morgan fingerprint density at radius 1 is 1.02 bits per heavy atom. The quantitative estimate of drug-likeness (QED) is 0.126. The van der Waals surface area contributed by atoms with Crippen LogP contribution in [-0.4, -0.2) is 37.0 Å². The fourth-order valence-corrected chi connectivity index (χ4v) is 7.10. The number of allylic oxidation sites excluding steroid dienone is 1. The van der Waals surface area contributed by atoms with Crippen molar-refractivity contribution in [3.63, 3.8) is 0 Å². The minimum atomic E-state index is -0.790. The molecule has 1 aliphatic heterocycles. The van der Waals surface area contributed by atoms with Crippen LogP contribution < -0.4 is 33.8 Å². The van der Waals surface area contributed by atoms with Crippen LogP contribution in [-0.2, 0) is 16.1 Å². The van der Waals surface area contributed by atoms with E-state index in [4.69, 9.17) is 28.7 Å². The molecule has 0 N–H and O–H groups in total. The van der Waals surface area contributed by atoms with Crippen molar-refractivity contribution in [3.8, 4) is 23.0 Å². The summed E-state index contributed by atoms with van der Waals surface area (Å²) in [4.78, 5) is 32.7. The lowest BCUT2D eigenvalue weighted by molar-refractivity contribution is -0.139. The number of hydrogen-bond acceptors (Lipinski definition) is 9. The molecule has 0 spiro atoms. The van der Waals surface area contributed by atoms with Gasteiger partial charge in [-0.15, -0.1) is 0 Å². The van der Waals surface area contributed by atoms with Crippen LogP contribution in [0.5, 0.6) is 23.0 Å². The second-order valence-electron chi connectivity index (χ2n) is 10.9. The van der Waals surface area contributed by atoms with Crippen molar-refractivity contribution >= 4 is 46.0 Å². The normalized spacial score (nSPS) is 14.5. The Balaban J connectivity index is 1.61. The number of methoxy groups -OCH3 is 1. The Morgan fingerprint density at radius 3 is 2.47 bits per heavy atom. The molecule has 0 saturated heterocycles. The first-order valence-electron chi connectivity index (χ1n) is 15.3. The molecule has 0 fully saturated rings. The maximum absolute atomic E-state index is 14.2. The first-order valence-corrected chi connectivity index (χ1v) is 17.2. The Kier molecular flexibility index (Phi) is 11.1. The fourth-order valence-electron chi connectivity index (χ4n) is 5.27. The Labute approximate surface area is 291 Å². The van der Waals surface area contributed by atoms with Crippen LogP contribution in [0.3, 0.4) is 0 Å². The van der Waals surface area contributed by atoms with Gasteiger partial charge in [0, 0.05) is 0 Å². The van der Waals surface area contributed by atoms with E-state index in [1.54, 1.807) is 37.7 Å². The average molecular weight is 769 g/mol. The van der Waals surface area contributed by atoms with Crippen molar-refractivity contribution in [1.82, 2.24) is 4.57 Å². The lowest BCUT2D eigenvalue weighted by Gasteiger charge is -2.25. The van der Waals surface area contributed by atoms with Crippen LogP contribution >= 0.6 is 33.9 Å². The summed E-state index contributed by atoms with van der Waals surface area (Å²) in [6, 6.07) is 18.4. The van der Waals surface area contributed by atoms with E-state index in [-0.39, 0.29) is 18.3 Å². The standard InChI is InChI=1S/C36H37IN2O7S/c1-7-43-29-17-24(16-26(37)33(29)45-20-23-12-10-9-11-13-23)18-30-34(40)39-32(25-14-15-27(46-21(3)4)28(19-25)42-6)31(35(41)44-8-2)22(5)38-36(39)47-30/h9-19,21,32H,7-8,20H2,1-6H3/b30-18+/t32-/m1/s1. The van der Waals surface area contributed by atoms with Crippen molar-refractivity contribution in [2.75, 3.05) is 20.3 Å². The largest absolute Gasteiger partial charge is 0.493 e. The lowest BCUT2D eigenvalue weighted by atomic mass is 9.95. The van der Waals surface area contributed by atoms with E-state index in [1.165, 1.54) is 11.3 Å². The van der Waals surface area contributed by atoms with Crippen LogP contribution in [0.25, 0.3) is 6.08 Å². The Hall–Kier alpha value is -4.10. The number of ether oxygens (including phenoxy) is 5. The van der Waals surface area contributed by atoms with E-state index in [1.807, 2.05) is 75.4 Å². The molecule has 4 aromatic rings. The maximum atomic E-state index is 14.2. The molecule has 0 saturated carbocycles. The molecular formula is C36H37IN2O7S. The van der Waals surface area contributed by atoms with Gasteiger partial charge < -0.3 is 23.7 Å². The number of fused-ring (bicyclic) bond motifs is 1. The summed E-state index contributed by atoms with van der Waals surface area (Å²) in [6.45, 7) is 10.3. The summed E-state index contributed by atoms with van der Waals surface area (Å²) in [5.41, 5.74) is 2.96. The van der Waals surface area contributed by atoms with Gasteiger partial charge in [-0.2, -0.15) is 0 Å². The SMILES string of the molecule is CCOC(=O)C1=C(C)N=c2s/c(=C/c3cc(I)c(OCc4ccccc4)c(OCC)c3)c(=O)n2[C@@H]1c1ccc(OC(C)C)c(OC)c1. The van der Waals surface area contributed by atoms with Gasteiger partial charge >= 0.3 is 5.97 Å². The number of carbonyl (C=O) groups excluding carboxylic acids is 1. The Morgan fingerprint density at radius 2 is 1.79 bits per heavy atom. The van der Waals surface area contributed by atoms with Gasteiger partial charge in [0.25, 0.3) is 5.56 Å². The molecule has 2 heterocycles.